The summed E-state index contributed by atoms with van der Waals surface area (Å²) in [4.78, 5) is 2.06. The van der Waals surface area contributed by atoms with E-state index in [4.69, 9.17) is 0 Å². The third-order valence-electron chi connectivity index (χ3n) is 3.14. The average molecular weight is 335 g/mol. The third-order valence-corrected chi connectivity index (χ3v) is 3.64. The minimum absolute atomic E-state index is 0.324. The summed E-state index contributed by atoms with van der Waals surface area (Å²) in [6.07, 6.45) is 0. The number of anilines is 2. The molecule has 0 unspecified atom stereocenters. The fourth-order valence-corrected chi connectivity index (χ4v) is 2.45. The van der Waals surface area contributed by atoms with Crippen LogP contribution in [0.15, 0.2) is 40.9 Å². The Balaban J connectivity index is 2.22. The van der Waals surface area contributed by atoms with Gasteiger partial charge in [0.05, 0.1) is 11.4 Å². The molecule has 0 amide bonds. The topological polar surface area (TPSA) is 35.5 Å². The maximum Gasteiger partial charge on any atom is 0.120 e. The smallest absolute Gasteiger partial charge is 0.120 e. The zero-order valence-electron chi connectivity index (χ0n) is 11.9. The van der Waals surface area contributed by atoms with Crippen LogP contribution in [0.1, 0.15) is 11.1 Å². The Morgan fingerprint density at radius 2 is 1.90 bits per heavy atom. The van der Waals surface area contributed by atoms with Gasteiger partial charge in [-0.15, -0.1) is 0 Å². The molecule has 2 N–H and O–H groups in total. The summed E-state index contributed by atoms with van der Waals surface area (Å²) >= 11 is 3.49. The standard InChI is InChI=1S/C16H19BrN2O/c1-11-4-7-16(20)12(8-11)10-18-14-9-13(17)5-6-15(14)19(2)3/h4-9,18,20H,10H2,1-3H3. The van der Waals surface area contributed by atoms with Crippen molar-refractivity contribution in [2.24, 2.45) is 0 Å². The molecule has 0 spiro atoms. The molecule has 106 valence electrons. The summed E-state index contributed by atoms with van der Waals surface area (Å²) in [5.74, 6) is 0.324. The van der Waals surface area contributed by atoms with Gasteiger partial charge in [-0.05, 0) is 31.2 Å². The van der Waals surface area contributed by atoms with Crippen LogP contribution in [0.5, 0.6) is 5.75 Å². The highest BCUT2D eigenvalue weighted by Crippen LogP contribution is 2.29. The summed E-state index contributed by atoms with van der Waals surface area (Å²) < 4.78 is 1.03. The number of hydrogen-bond donors (Lipinski definition) is 2. The summed E-state index contributed by atoms with van der Waals surface area (Å²) in [6.45, 7) is 2.61. The molecule has 0 aromatic heterocycles. The van der Waals surface area contributed by atoms with Gasteiger partial charge in [0.15, 0.2) is 0 Å². The number of phenols is 1. The average Bonchev–Trinajstić information content (AvgIpc) is 2.39. The van der Waals surface area contributed by atoms with Crippen LogP contribution in [-0.4, -0.2) is 19.2 Å². The van der Waals surface area contributed by atoms with Crippen LogP contribution >= 0.6 is 15.9 Å². The predicted octanol–water partition coefficient (Wildman–Crippen LogP) is 4.14. The van der Waals surface area contributed by atoms with Gasteiger partial charge in [-0.25, -0.2) is 0 Å². The van der Waals surface area contributed by atoms with Gasteiger partial charge < -0.3 is 15.3 Å². The summed E-state index contributed by atoms with van der Waals surface area (Å²) in [6, 6.07) is 11.8. The van der Waals surface area contributed by atoms with Gasteiger partial charge in [-0.1, -0.05) is 33.6 Å². The molecule has 0 atom stereocenters. The molecule has 0 saturated heterocycles. The number of aromatic hydroxyl groups is 1. The molecule has 0 aliphatic heterocycles. The SMILES string of the molecule is Cc1ccc(O)c(CNc2cc(Br)ccc2N(C)C)c1. The van der Waals surface area contributed by atoms with E-state index in [1.54, 1.807) is 6.07 Å². The lowest BCUT2D eigenvalue weighted by Crippen LogP contribution is -2.12. The van der Waals surface area contributed by atoms with Crippen LogP contribution in [0.3, 0.4) is 0 Å². The first-order valence-electron chi connectivity index (χ1n) is 6.46. The van der Waals surface area contributed by atoms with Crippen molar-refractivity contribution in [1.82, 2.24) is 0 Å². The minimum Gasteiger partial charge on any atom is -0.508 e. The molecule has 2 rings (SSSR count). The number of benzene rings is 2. The second-order valence-electron chi connectivity index (χ2n) is 5.04. The first-order chi connectivity index (χ1) is 9.47. The molecule has 0 heterocycles. The Hall–Kier alpha value is -1.68. The van der Waals surface area contributed by atoms with E-state index in [2.05, 4.69) is 32.2 Å². The van der Waals surface area contributed by atoms with Gasteiger partial charge in [0.2, 0.25) is 0 Å². The maximum atomic E-state index is 9.89. The highest BCUT2D eigenvalue weighted by Gasteiger charge is 2.07. The lowest BCUT2D eigenvalue weighted by Gasteiger charge is -2.19. The zero-order valence-corrected chi connectivity index (χ0v) is 13.5. The van der Waals surface area contributed by atoms with Crippen molar-refractivity contribution >= 4 is 27.3 Å². The van der Waals surface area contributed by atoms with Crippen LogP contribution in [0.25, 0.3) is 0 Å². The number of hydrogen-bond acceptors (Lipinski definition) is 3. The van der Waals surface area contributed by atoms with Gasteiger partial charge in [0, 0.05) is 30.7 Å². The molecule has 4 heteroatoms. The Kier molecular flexibility index (Phi) is 4.55. The highest BCUT2D eigenvalue weighted by atomic mass is 79.9. The molecule has 0 bridgehead atoms. The Morgan fingerprint density at radius 1 is 1.15 bits per heavy atom. The predicted molar refractivity (Wildman–Crippen MR) is 88.6 cm³/mol. The largest absolute Gasteiger partial charge is 0.508 e. The minimum atomic E-state index is 0.324. The summed E-state index contributed by atoms with van der Waals surface area (Å²) in [7, 11) is 4.02. The lowest BCUT2D eigenvalue weighted by molar-refractivity contribution is 0.469. The molecule has 0 radical (unpaired) electrons. The monoisotopic (exact) mass is 334 g/mol. The molecule has 0 fully saturated rings. The van der Waals surface area contributed by atoms with Gasteiger partial charge in [0.25, 0.3) is 0 Å². The lowest BCUT2D eigenvalue weighted by atomic mass is 10.1. The molecule has 20 heavy (non-hydrogen) atoms. The van der Waals surface area contributed by atoms with Crippen LogP contribution in [0.2, 0.25) is 0 Å². The Bertz CT molecular complexity index is 611. The number of halogens is 1. The van der Waals surface area contributed by atoms with E-state index in [1.165, 1.54) is 0 Å². The molecular weight excluding hydrogens is 316 g/mol. The zero-order chi connectivity index (χ0) is 14.7. The maximum absolute atomic E-state index is 9.89. The van der Waals surface area contributed by atoms with E-state index in [9.17, 15) is 5.11 Å². The molecule has 2 aromatic rings. The van der Waals surface area contributed by atoms with Gasteiger partial charge in [-0.3, -0.25) is 0 Å². The van der Waals surface area contributed by atoms with Crippen molar-refractivity contribution in [2.75, 3.05) is 24.3 Å². The molecule has 0 aliphatic carbocycles. The first-order valence-corrected chi connectivity index (χ1v) is 7.26. The normalized spacial score (nSPS) is 10.4. The van der Waals surface area contributed by atoms with Gasteiger partial charge in [0.1, 0.15) is 5.75 Å². The number of nitrogens with zero attached hydrogens (tertiary/aromatic N) is 1. The van der Waals surface area contributed by atoms with Gasteiger partial charge in [-0.2, -0.15) is 0 Å². The first kappa shape index (κ1) is 14.7. The van der Waals surface area contributed by atoms with Crippen molar-refractivity contribution in [1.29, 1.82) is 0 Å². The van der Waals surface area contributed by atoms with E-state index in [1.807, 2.05) is 45.3 Å². The fraction of sp³-hybridized carbons (Fsp3) is 0.250. The Labute approximate surface area is 128 Å². The van der Waals surface area contributed by atoms with E-state index < -0.39 is 0 Å². The van der Waals surface area contributed by atoms with E-state index in [0.29, 0.717) is 12.3 Å². The molecular formula is C16H19BrN2O. The van der Waals surface area contributed by atoms with Gasteiger partial charge >= 0.3 is 0 Å². The number of rotatable bonds is 4. The molecule has 2 aromatic carbocycles. The van der Waals surface area contributed by atoms with Crippen LogP contribution in [-0.2, 0) is 6.54 Å². The summed E-state index contributed by atoms with van der Waals surface area (Å²) in [5, 5.41) is 13.3. The van der Waals surface area contributed by atoms with Crippen molar-refractivity contribution in [3.05, 3.63) is 52.0 Å². The molecule has 0 aliphatic rings. The second-order valence-corrected chi connectivity index (χ2v) is 5.96. The van der Waals surface area contributed by atoms with Crippen molar-refractivity contribution in [3.63, 3.8) is 0 Å². The highest BCUT2D eigenvalue weighted by molar-refractivity contribution is 9.10. The Morgan fingerprint density at radius 3 is 2.60 bits per heavy atom. The van der Waals surface area contributed by atoms with Crippen molar-refractivity contribution in [2.45, 2.75) is 13.5 Å². The number of aryl methyl sites for hydroxylation is 1. The molecule has 3 nitrogen and oxygen atoms in total. The third kappa shape index (κ3) is 3.45. The van der Waals surface area contributed by atoms with E-state index in [-0.39, 0.29) is 0 Å². The second kappa shape index (κ2) is 6.18. The quantitative estimate of drug-likeness (QED) is 0.881. The van der Waals surface area contributed by atoms with E-state index >= 15 is 0 Å². The fourth-order valence-electron chi connectivity index (χ4n) is 2.09. The van der Waals surface area contributed by atoms with Crippen molar-refractivity contribution < 1.29 is 5.11 Å². The van der Waals surface area contributed by atoms with Crippen LogP contribution in [0, 0.1) is 6.92 Å². The number of nitrogens with one attached hydrogen (secondary N) is 1. The summed E-state index contributed by atoms with van der Waals surface area (Å²) in [5.41, 5.74) is 4.18. The van der Waals surface area contributed by atoms with Crippen molar-refractivity contribution in [3.8, 4) is 5.75 Å². The number of phenolic OH excluding ortho intramolecular Hbond substituents is 1. The molecule has 0 saturated carbocycles. The van der Waals surface area contributed by atoms with Crippen LogP contribution in [0.4, 0.5) is 11.4 Å². The van der Waals surface area contributed by atoms with E-state index in [0.717, 1.165) is 27.0 Å². The van der Waals surface area contributed by atoms with Crippen LogP contribution < -0.4 is 10.2 Å².